The lowest BCUT2D eigenvalue weighted by Crippen LogP contribution is -2.16. The minimum absolute atomic E-state index is 0.115. The van der Waals surface area contributed by atoms with E-state index in [1.165, 1.54) is 20.9 Å². The molecule has 12 heteroatoms. The standard InChI is InChI=1S/C13H12F3N7S2/c1-22(2)9-6-8(13(14,15)16)18-11(19-9)25-12-21-20-10(23(12)17)7-4-3-5-24-7/h3-6H,17H2,1-2H3. The highest BCUT2D eigenvalue weighted by Crippen LogP contribution is 2.33. The topological polar surface area (TPSA) is 85.8 Å². The fourth-order valence-corrected chi connectivity index (χ4v) is 3.25. The van der Waals surface area contributed by atoms with Crippen molar-refractivity contribution in [2.75, 3.05) is 24.8 Å². The SMILES string of the molecule is CN(C)c1cc(C(F)(F)F)nc(Sc2nnc(-c3cccs3)n2N)n1. The van der Waals surface area contributed by atoms with Crippen molar-refractivity contribution in [3.8, 4) is 10.7 Å². The number of thiophene rings is 1. The van der Waals surface area contributed by atoms with E-state index < -0.39 is 11.9 Å². The third-order valence-corrected chi connectivity index (χ3v) is 4.72. The molecule has 0 unspecified atom stereocenters. The second-order valence-electron chi connectivity index (χ2n) is 5.04. The van der Waals surface area contributed by atoms with Gasteiger partial charge in [-0.05, 0) is 23.2 Å². The number of nitrogens with zero attached hydrogens (tertiary/aromatic N) is 6. The number of hydrogen-bond donors (Lipinski definition) is 1. The van der Waals surface area contributed by atoms with Crippen LogP contribution in [0.1, 0.15) is 5.69 Å². The Kier molecular flexibility index (Phi) is 4.56. The molecule has 3 aromatic rings. The van der Waals surface area contributed by atoms with Crippen molar-refractivity contribution in [1.29, 1.82) is 0 Å². The molecule has 0 bridgehead atoms. The Hall–Kier alpha value is -2.34. The minimum Gasteiger partial charge on any atom is -0.363 e. The third kappa shape index (κ3) is 3.69. The summed E-state index contributed by atoms with van der Waals surface area (Å²) in [5.41, 5.74) is -1.03. The van der Waals surface area contributed by atoms with Crippen LogP contribution in [0.2, 0.25) is 0 Å². The van der Waals surface area contributed by atoms with Gasteiger partial charge in [0.2, 0.25) is 5.16 Å². The van der Waals surface area contributed by atoms with Gasteiger partial charge in [0.1, 0.15) is 5.82 Å². The Morgan fingerprint density at radius 2 is 2.00 bits per heavy atom. The maximum atomic E-state index is 13.0. The molecule has 0 aromatic carbocycles. The minimum atomic E-state index is -4.58. The first-order valence-electron chi connectivity index (χ1n) is 6.81. The zero-order valence-electron chi connectivity index (χ0n) is 13.0. The number of nitrogens with two attached hydrogens (primary N) is 1. The van der Waals surface area contributed by atoms with Crippen LogP contribution in [0.25, 0.3) is 10.7 Å². The quantitative estimate of drug-likeness (QED) is 0.544. The van der Waals surface area contributed by atoms with Gasteiger partial charge in [-0.15, -0.1) is 21.5 Å². The Morgan fingerprint density at radius 1 is 1.24 bits per heavy atom. The molecule has 0 spiro atoms. The van der Waals surface area contributed by atoms with Crippen molar-refractivity contribution >= 4 is 28.9 Å². The van der Waals surface area contributed by atoms with Crippen LogP contribution >= 0.6 is 23.1 Å². The number of hydrogen-bond acceptors (Lipinski definition) is 8. The van der Waals surface area contributed by atoms with Gasteiger partial charge in [-0.25, -0.2) is 14.6 Å². The summed E-state index contributed by atoms with van der Waals surface area (Å²) < 4.78 is 40.3. The summed E-state index contributed by atoms with van der Waals surface area (Å²) in [6.45, 7) is 0. The second kappa shape index (κ2) is 6.52. The summed E-state index contributed by atoms with van der Waals surface area (Å²) in [6, 6.07) is 4.53. The molecule has 2 N–H and O–H groups in total. The monoisotopic (exact) mass is 387 g/mol. The van der Waals surface area contributed by atoms with Crippen LogP contribution in [0.15, 0.2) is 33.9 Å². The van der Waals surface area contributed by atoms with Crippen LogP contribution < -0.4 is 10.7 Å². The predicted molar refractivity (Wildman–Crippen MR) is 89.0 cm³/mol. The first-order valence-corrected chi connectivity index (χ1v) is 8.51. The van der Waals surface area contributed by atoms with E-state index in [-0.39, 0.29) is 16.1 Å². The highest BCUT2D eigenvalue weighted by Gasteiger charge is 2.34. The molecule has 0 atom stereocenters. The smallest absolute Gasteiger partial charge is 0.363 e. The molecule has 0 fully saturated rings. The molecule has 0 radical (unpaired) electrons. The molecule has 0 saturated carbocycles. The van der Waals surface area contributed by atoms with Crippen LogP contribution in [0.4, 0.5) is 19.0 Å². The summed E-state index contributed by atoms with van der Waals surface area (Å²) >= 11 is 2.24. The van der Waals surface area contributed by atoms with E-state index in [1.807, 2.05) is 17.5 Å². The van der Waals surface area contributed by atoms with E-state index in [4.69, 9.17) is 5.84 Å². The third-order valence-electron chi connectivity index (χ3n) is 3.03. The van der Waals surface area contributed by atoms with Crippen molar-refractivity contribution in [3.05, 3.63) is 29.3 Å². The van der Waals surface area contributed by atoms with E-state index in [1.54, 1.807) is 14.1 Å². The molecule has 0 aliphatic rings. The maximum absolute atomic E-state index is 13.0. The number of alkyl halides is 3. The lowest BCUT2D eigenvalue weighted by atomic mass is 10.4. The molecule has 0 amide bonds. The summed E-state index contributed by atoms with van der Waals surface area (Å²) in [4.78, 5) is 9.92. The maximum Gasteiger partial charge on any atom is 0.433 e. The van der Waals surface area contributed by atoms with Crippen molar-refractivity contribution in [2.24, 2.45) is 0 Å². The zero-order chi connectivity index (χ0) is 18.2. The zero-order valence-corrected chi connectivity index (χ0v) is 14.7. The first kappa shape index (κ1) is 17.5. The van der Waals surface area contributed by atoms with Gasteiger partial charge in [-0.2, -0.15) is 13.2 Å². The molecule has 0 aliphatic carbocycles. The molecule has 3 aromatic heterocycles. The van der Waals surface area contributed by atoms with Crippen molar-refractivity contribution < 1.29 is 13.2 Å². The Balaban J connectivity index is 1.97. The normalized spacial score (nSPS) is 11.7. The van der Waals surface area contributed by atoms with Crippen LogP contribution in [-0.2, 0) is 6.18 Å². The molecule has 0 aliphatic heterocycles. The number of aromatic nitrogens is 5. The fraction of sp³-hybridized carbons (Fsp3) is 0.231. The van der Waals surface area contributed by atoms with Gasteiger partial charge in [-0.3, -0.25) is 0 Å². The number of nitrogen functional groups attached to an aromatic ring is 1. The van der Waals surface area contributed by atoms with Gasteiger partial charge < -0.3 is 10.7 Å². The Bertz CT molecular complexity index is 874. The van der Waals surface area contributed by atoms with E-state index in [0.717, 1.165) is 22.7 Å². The number of halogens is 3. The lowest BCUT2D eigenvalue weighted by Gasteiger charge is -2.14. The summed E-state index contributed by atoms with van der Waals surface area (Å²) in [6.07, 6.45) is -4.58. The Labute approximate surface area is 148 Å². The van der Waals surface area contributed by atoms with Crippen LogP contribution in [-0.4, -0.2) is 38.9 Å². The van der Waals surface area contributed by atoms with E-state index >= 15 is 0 Å². The molecule has 7 nitrogen and oxygen atoms in total. The van der Waals surface area contributed by atoms with Crippen molar-refractivity contribution in [1.82, 2.24) is 24.8 Å². The molecular weight excluding hydrogens is 375 g/mol. The van der Waals surface area contributed by atoms with Gasteiger partial charge in [0.25, 0.3) is 0 Å². The fourth-order valence-electron chi connectivity index (χ4n) is 1.83. The summed E-state index contributed by atoms with van der Waals surface area (Å²) in [5.74, 6) is 6.50. The molecule has 0 saturated heterocycles. The Morgan fingerprint density at radius 3 is 2.60 bits per heavy atom. The molecule has 3 rings (SSSR count). The van der Waals surface area contributed by atoms with Crippen molar-refractivity contribution in [2.45, 2.75) is 16.5 Å². The van der Waals surface area contributed by atoms with Crippen LogP contribution in [0.5, 0.6) is 0 Å². The van der Waals surface area contributed by atoms with Gasteiger partial charge in [-0.1, -0.05) is 6.07 Å². The highest BCUT2D eigenvalue weighted by atomic mass is 32.2. The molecule has 132 valence electrons. The van der Waals surface area contributed by atoms with Gasteiger partial charge in [0, 0.05) is 20.2 Å². The van der Waals surface area contributed by atoms with Crippen LogP contribution in [0, 0.1) is 0 Å². The molecule has 25 heavy (non-hydrogen) atoms. The average Bonchev–Trinajstić information content (AvgIpc) is 3.17. The van der Waals surface area contributed by atoms with Crippen LogP contribution in [0.3, 0.4) is 0 Å². The summed E-state index contributed by atoms with van der Waals surface area (Å²) in [5, 5.41) is 9.82. The summed E-state index contributed by atoms with van der Waals surface area (Å²) in [7, 11) is 3.19. The van der Waals surface area contributed by atoms with Gasteiger partial charge >= 0.3 is 6.18 Å². The second-order valence-corrected chi connectivity index (χ2v) is 6.92. The lowest BCUT2D eigenvalue weighted by molar-refractivity contribution is -0.141. The first-order chi connectivity index (χ1) is 11.8. The molecule has 3 heterocycles. The number of rotatable bonds is 4. The predicted octanol–water partition coefficient (Wildman–Crippen LogP) is 2.75. The van der Waals surface area contributed by atoms with Gasteiger partial charge in [0.15, 0.2) is 16.7 Å². The highest BCUT2D eigenvalue weighted by molar-refractivity contribution is 7.99. The van der Waals surface area contributed by atoms with E-state index in [2.05, 4.69) is 20.2 Å². The average molecular weight is 387 g/mol. The largest absolute Gasteiger partial charge is 0.433 e. The number of anilines is 1. The van der Waals surface area contributed by atoms with Gasteiger partial charge in [0.05, 0.1) is 4.88 Å². The van der Waals surface area contributed by atoms with Crippen molar-refractivity contribution in [3.63, 3.8) is 0 Å². The van der Waals surface area contributed by atoms with E-state index in [9.17, 15) is 13.2 Å². The molecular formula is C13H12F3N7S2. The van der Waals surface area contributed by atoms with E-state index in [0.29, 0.717) is 5.82 Å².